The minimum absolute atomic E-state index is 0.0134. The van der Waals surface area contributed by atoms with Crippen molar-refractivity contribution in [2.24, 2.45) is 0 Å². The first-order valence-corrected chi connectivity index (χ1v) is 11.7. The molecule has 0 saturated carbocycles. The van der Waals surface area contributed by atoms with Crippen molar-refractivity contribution in [2.45, 2.75) is 57.8 Å². The molecule has 0 bridgehead atoms. The Labute approximate surface area is 163 Å². The standard InChI is InChI=1S/C23H30O3Si/c1-18(24)22-16-15-19(26-22)17-25-27(23(2,3)4,20-11-7-5-8-12-20)21-13-9-6-10-14-21/h5-14,19,22H,15-17H2,1-4H3/t19-,22+/m0/s1. The minimum atomic E-state index is -2.53. The molecule has 3 rings (SSSR count). The maximum Gasteiger partial charge on any atom is 0.261 e. The topological polar surface area (TPSA) is 35.5 Å². The van der Waals surface area contributed by atoms with Gasteiger partial charge in [0.2, 0.25) is 0 Å². The van der Waals surface area contributed by atoms with Gasteiger partial charge >= 0.3 is 0 Å². The average molecular weight is 383 g/mol. The first-order chi connectivity index (χ1) is 12.8. The number of hydrogen-bond acceptors (Lipinski definition) is 3. The van der Waals surface area contributed by atoms with Crippen LogP contribution in [0.25, 0.3) is 0 Å². The molecule has 0 radical (unpaired) electrons. The Balaban J connectivity index is 1.96. The van der Waals surface area contributed by atoms with Crippen molar-refractivity contribution < 1.29 is 14.0 Å². The Morgan fingerprint density at radius 3 is 1.93 bits per heavy atom. The van der Waals surface area contributed by atoms with Gasteiger partial charge in [-0.3, -0.25) is 4.79 Å². The van der Waals surface area contributed by atoms with Crippen molar-refractivity contribution in [1.82, 2.24) is 0 Å². The summed E-state index contributed by atoms with van der Waals surface area (Å²) < 4.78 is 12.8. The molecule has 2 atom stereocenters. The second-order valence-corrected chi connectivity index (χ2v) is 12.7. The molecule has 0 unspecified atom stereocenters. The number of benzene rings is 2. The summed E-state index contributed by atoms with van der Waals surface area (Å²) in [5, 5.41) is 2.49. The van der Waals surface area contributed by atoms with Gasteiger partial charge in [-0.1, -0.05) is 81.4 Å². The van der Waals surface area contributed by atoms with Gasteiger partial charge in [0.1, 0.15) is 6.10 Å². The number of hydrogen-bond donors (Lipinski definition) is 0. The third-order valence-corrected chi connectivity index (χ3v) is 10.5. The van der Waals surface area contributed by atoms with E-state index in [1.807, 2.05) is 12.1 Å². The molecule has 144 valence electrons. The third-order valence-electron chi connectivity index (χ3n) is 5.46. The summed E-state index contributed by atoms with van der Waals surface area (Å²) in [7, 11) is -2.53. The number of ether oxygens (including phenoxy) is 1. The Morgan fingerprint density at radius 1 is 1.00 bits per heavy atom. The average Bonchev–Trinajstić information content (AvgIpc) is 3.12. The summed E-state index contributed by atoms with van der Waals surface area (Å²) in [4.78, 5) is 11.6. The normalized spacial score (nSPS) is 20.6. The second-order valence-electron chi connectivity index (χ2n) is 8.41. The van der Waals surface area contributed by atoms with Crippen molar-refractivity contribution >= 4 is 24.5 Å². The first kappa shape index (κ1) is 20.0. The second kappa shape index (κ2) is 8.09. The van der Waals surface area contributed by atoms with Gasteiger partial charge in [0.25, 0.3) is 8.32 Å². The van der Waals surface area contributed by atoms with E-state index < -0.39 is 8.32 Å². The highest BCUT2D eigenvalue weighted by Crippen LogP contribution is 2.37. The molecule has 4 heteroatoms. The molecule has 27 heavy (non-hydrogen) atoms. The molecule has 1 fully saturated rings. The lowest BCUT2D eigenvalue weighted by Crippen LogP contribution is -2.67. The predicted octanol–water partition coefficient (Wildman–Crippen LogP) is 3.70. The van der Waals surface area contributed by atoms with Crippen LogP contribution < -0.4 is 10.4 Å². The number of Topliss-reactive ketones (excluding diaryl/α,β-unsaturated/α-hetero) is 1. The highest BCUT2D eigenvalue weighted by molar-refractivity contribution is 6.99. The zero-order valence-electron chi connectivity index (χ0n) is 16.8. The van der Waals surface area contributed by atoms with Crippen LogP contribution in [-0.2, 0) is 14.0 Å². The lowest BCUT2D eigenvalue weighted by Gasteiger charge is -2.43. The number of carbonyl (C=O) groups is 1. The number of rotatable bonds is 6. The smallest absolute Gasteiger partial charge is 0.261 e. The summed E-state index contributed by atoms with van der Waals surface area (Å²) in [6, 6.07) is 21.2. The summed E-state index contributed by atoms with van der Waals surface area (Å²) in [6.07, 6.45) is 1.39. The van der Waals surface area contributed by atoms with Crippen molar-refractivity contribution in [3.63, 3.8) is 0 Å². The van der Waals surface area contributed by atoms with E-state index in [2.05, 4.69) is 69.3 Å². The van der Waals surface area contributed by atoms with Gasteiger partial charge in [-0.25, -0.2) is 0 Å². The number of ketones is 1. The van der Waals surface area contributed by atoms with Crippen LogP contribution in [0.2, 0.25) is 5.04 Å². The molecule has 2 aromatic rings. The van der Waals surface area contributed by atoms with E-state index in [1.54, 1.807) is 6.92 Å². The van der Waals surface area contributed by atoms with Crippen molar-refractivity contribution in [2.75, 3.05) is 6.61 Å². The Morgan fingerprint density at radius 2 is 1.52 bits per heavy atom. The van der Waals surface area contributed by atoms with Crippen LogP contribution in [0, 0.1) is 0 Å². The largest absolute Gasteiger partial charge is 0.405 e. The van der Waals surface area contributed by atoms with Crippen molar-refractivity contribution in [3.8, 4) is 0 Å². The summed E-state index contributed by atoms with van der Waals surface area (Å²) in [6.45, 7) is 8.94. The summed E-state index contributed by atoms with van der Waals surface area (Å²) >= 11 is 0. The lowest BCUT2D eigenvalue weighted by molar-refractivity contribution is -0.128. The minimum Gasteiger partial charge on any atom is -0.405 e. The van der Waals surface area contributed by atoms with Gasteiger partial charge in [0, 0.05) is 0 Å². The van der Waals surface area contributed by atoms with E-state index in [-0.39, 0.29) is 23.0 Å². The third kappa shape index (κ3) is 4.08. The van der Waals surface area contributed by atoms with Crippen LogP contribution >= 0.6 is 0 Å². The fourth-order valence-corrected chi connectivity index (χ4v) is 8.70. The molecule has 3 nitrogen and oxygen atoms in total. The Kier molecular flexibility index (Phi) is 5.99. The zero-order chi connectivity index (χ0) is 19.5. The molecule has 1 aliphatic rings. The lowest BCUT2D eigenvalue weighted by atomic mass is 10.1. The van der Waals surface area contributed by atoms with E-state index in [9.17, 15) is 4.79 Å². The fraction of sp³-hybridized carbons (Fsp3) is 0.435. The molecule has 1 aliphatic heterocycles. The van der Waals surface area contributed by atoms with Crippen LogP contribution in [-0.4, -0.2) is 32.9 Å². The van der Waals surface area contributed by atoms with Gasteiger partial charge in [-0.05, 0) is 35.2 Å². The highest BCUT2D eigenvalue weighted by Gasteiger charge is 2.50. The van der Waals surface area contributed by atoms with E-state index in [1.165, 1.54) is 10.4 Å². The molecular formula is C23H30O3Si. The maximum atomic E-state index is 11.6. The molecule has 1 saturated heterocycles. The van der Waals surface area contributed by atoms with Crippen LogP contribution in [0.5, 0.6) is 0 Å². The Hall–Kier alpha value is -1.75. The first-order valence-electron chi connectivity index (χ1n) is 9.75. The molecule has 0 aliphatic carbocycles. The van der Waals surface area contributed by atoms with Gasteiger partial charge in [0.15, 0.2) is 5.78 Å². The van der Waals surface area contributed by atoms with E-state index in [0.29, 0.717) is 6.61 Å². The highest BCUT2D eigenvalue weighted by atomic mass is 28.4. The van der Waals surface area contributed by atoms with Crippen LogP contribution in [0.3, 0.4) is 0 Å². The van der Waals surface area contributed by atoms with E-state index >= 15 is 0 Å². The molecule has 0 N–H and O–H groups in total. The zero-order valence-corrected chi connectivity index (χ0v) is 17.8. The van der Waals surface area contributed by atoms with Gasteiger partial charge < -0.3 is 9.16 Å². The maximum absolute atomic E-state index is 11.6. The van der Waals surface area contributed by atoms with E-state index in [0.717, 1.165) is 12.8 Å². The molecule has 0 aromatic heterocycles. The van der Waals surface area contributed by atoms with Crippen molar-refractivity contribution in [1.29, 1.82) is 0 Å². The molecule has 2 aromatic carbocycles. The van der Waals surface area contributed by atoms with Crippen LogP contribution in [0.4, 0.5) is 0 Å². The Bertz CT molecular complexity index is 713. The molecule has 0 amide bonds. The molecular weight excluding hydrogens is 352 g/mol. The monoisotopic (exact) mass is 382 g/mol. The quantitative estimate of drug-likeness (QED) is 0.715. The van der Waals surface area contributed by atoms with E-state index in [4.69, 9.17) is 9.16 Å². The molecule has 0 spiro atoms. The SMILES string of the molecule is CC(=O)[C@H]1CC[C@@H](CO[Si](c2ccccc2)(c2ccccc2)C(C)(C)C)O1. The van der Waals surface area contributed by atoms with Crippen LogP contribution in [0.15, 0.2) is 60.7 Å². The number of carbonyl (C=O) groups excluding carboxylic acids is 1. The predicted molar refractivity (Wildman–Crippen MR) is 112 cm³/mol. The molecule has 1 heterocycles. The fourth-order valence-electron chi connectivity index (χ4n) is 4.11. The van der Waals surface area contributed by atoms with Crippen molar-refractivity contribution in [3.05, 3.63) is 60.7 Å². The summed E-state index contributed by atoms with van der Waals surface area (Å²) in [5.74, 6) is 0.114. The van der Waals surface area contributed by atoms with Crippen LogP contribution in [0.1, 0.15) is 40.5 Å². The van der Waals surface area contributed by atoms with Gasteiger partial charge in [0.05, 0.1) is 12.7 Å². The van der Waals surface area contributed by atoms with Gasteiger partial charge in [-0.15, -0.1) is 0 Å². The van der Waals surface area contributed by atoms with Gasteiger partial charge in [-0.2, -0.15) is 0 Å². The summed E-state index contributed by atoms with van der Waals surface area (Å²) in [5.41, 5.74) is 0.